The Balaban J connectivity index is 1.68. The standard InChI is InChI=1S/C16H10F5N5OS/c17-28(18,19,20,21)12-5-3-11(4-6-12)27-16-13(2-1-7-22-16)10-8-14-15(23-9-10)25-26-24-14/h1-9H,(H,23,24,25,26). The summed E-state index contributed by atoms with van der Waals surface area (Å²) in [5, 5.41) is 10.1. The molecule has 0 aliphatic carbocycles. The number of fused-ring (bicyclic) bond motifs is 1. The Labute approximate surface area is 154 Å². The van der Waals surface area contributed by atoms with E-state index in [1.165, 1.54) is 12.4 Å². The number of nitrogens with one attached hydrogen (secondary N) is 1. The van der Waals surface area contributed by atoms with Gasteiger partial charge in [-0.1, -0.05) is 24.6 Å². The molecule has 0 radical (unpaired) electrons. The second-order valence-electron chi connectivity index (χ2n) is 5.80. The molecule has 1 N–H and O–H groups in total. The summed E-state index contributed by atoms with van der Waals surface area (Å²) in [5.41, 5.74) is 2.03. The van der Waals surface area contributed by atoms with Crippen LogP contribution in [0.15, 0.2) is 59.8 Å². The van der Waals surface area contributed by atoms with Gasteiger partial charge in [0, 0.05) is 23.5 Å². The van der Waals surface area contributed by atoms with Crippen molar-refractivity contribution in [2.45, 2.75) is 4.90 Å². The van der Waals surface area contributed by atoms with Crippen LogP contribution in [0.3, 0.4) is 0 Å². The van der Waals surface area contributed by atoms with E-state index in [2.05, 4.69) is 25.4 Å². The first-order chi connectivity index (χ1) is 13.0. The van der Waals surface area contributed by atoms with Gasteiger partial charge in [0.25, 0.3) is 0 Å². The van der Waals surface area contributed by atoms with Gasteiger partial charge < -0.3 is 4.74 Å². The maximum atomic E-state index is 12.8. The molecule has 0 saturated heterocycles. The van der Waals surface area contributed by atoms with E-state index in [1.807, 2.05) is 0 Å². The van der Waals surface area contributed by atoms with Crippen LogP contribution in [0, 0.1) is 0 Å². The second kappa shape index (κ2) is 5.38. The van der Waals surface area contributed by atoms with Crippen molar-refractivity contribution in [2.24, 2.45) is 0 Å². The van der Waals surface area contributed by atoms with Gasteiger partial charge in [0.2, 0.25) is 5.88 Å². The topological polar surface area (TPSA) is 76.6 Å². The fourth-order valence-electron chi connectivity index (χ4n) is 2.46. The van der Waals surface area contributed by atoms with E-state index < -0.39 is 15.1 Å². The Morgan fingerprint density at radius 1 is 0.929 bits per heavy atom. The molecular formula is C16H10F5N5OS. The SMILES string of the molecule is FS(F)(F)(F)(F)c1ccc(Oc2ncccc2-c2cnc3[nH]nnc3c2)cc1. The molecule has 146 valence electrons. The highest BCUT2D eigenvalue weighted by atomic mass is 32.5. The lowest BCUT2D eigenvalue weighted by Crippen LogP contribution is -2.05. The first kappa shape index (κ1) is 18.1. The molecule has 3 heterocycles. The van der Waals surface area contributed by atoms with Gasteiger partial charge in [0.1, 0.15) is 16.2 Å². The molecule has 0 bridgehead atoms. The molecule has 3 aromatic heterocycles. The molecule has 0 atom stereocenters. The number of hydrogen-bond donors (Lipinski definition) is 1. The van der Waals surface area contributed by atoms with Crippen molar-refractivity contribution in [3.05, 3.63) is 54.9 Å². The third kappa shape index (κ3) is 3.58. The third-order valence-corrected chi connectivity index (χ3v) is 4.91. The highest BCUT2D eigenvalue weighted by molar-refractivity contribution is 8.45. The van der Waals surface area contributed by atoms with Crippen LogP contribution in [-0.4, -0.2) is 25.4 Å². The van der Waals surface area contributed by atoms with Gasteiger partial charge in [-0.25, -0.2) is 15.1 Å². The Hall–Kier alpha value is -3.28. The minimum atomic E-state index is -9.74. The van der Waals surface area contributed by atoms with Crippen LogP contribution in [-0.2, 0) is 0 Å². The van der Waals surface area contributed by atoms with E-state index in [0.29, 0.717) is 22.3 Å². The van der Waals surface area contributed by atoms with Gasteiger partial charge in [0.15, 0.2) is 5.65 Å². The van der Waals surface area contributed by atoms with E-state index in [1.54, 1.807) is 18.2 Å². The highest BCUT2D eigenvalue weighted by Gasteiger charge is 2.65. The summed E-state index contributed by atoms with van der Waals surface area (Å²) in [6, 6.07) is 7.15. The molecular weight excluding hydrogens is 405 g/mol. The molecule has 4 rings (SSSR count). The van der Waals surface area contributed by atoms with E-state index >= 15 is 0 Å². The zero-order valence-electron chi connectivity index (χ0n) is 13.7. The van der Waals surface area contributed by atoms with Gasteiger partial charge in [-0.15, -0.1) is 5.10 Å². The van der Waals surface area contributed by atoms with Crippen molar-refractivity contribution < 1.29 is 24.2 Å². The summed E-state index contributed by atoms with van der Waals surface area (Å²) in [5.74, 6) is -0.0201. The zero-order chi connectivity index (χ0) is 20.1. The van der Waals surface area contributed by atoms with Crippen molar-refractivity contribution in [3.63, 3.8) is 0 Å². The number of ether oxygens (including phenoxy) is 1. The first-order valence-corrected chi connectivity index (χ1v) is 9.59. The Morgan fingerprint density at radius 3 is 2.39 bits per heavy atom. The number of hydrogen-bond acceptors (Lipinski definition) is 5. The maximum Gasteiger partial charge on any atom is 0.310 e. The van der Waals surface area contributed by atoms with Crippen LogP contribution < -0.4 is 4.74 Å². The lowest BCUT2D eigenvalue weighted by molar-refractivity contribution is 0.363. The van der Waals surface area contributed by atoms with Crippen molar-refractivity contribution in [1.29, 1.82) is 0 Å². The van der Waals surface area contributed by atoms with Gasteiger partial charge in [-0.3, -0.25) is 0 Å². The predicted molar refractivity (Wildman–Crippen MR) is 92.8 cm³/mol. The zero-order valence-corrected chi connectivity index (χ0v) is 14.5. The summed E-state index contributed by atoms with van der Waals surface area (Å²) in [4.78, 5) is 6.22. The molecule has 4 aromatic rings. The molecule has 0 fully saturated rings. The fourth-order valence-corrected chi connectivity index (χ4v) is 3.11. The summed E-state index contributed by atoms with van der Waals surface area (Å²) in [6.45, 7) is 0. The summed E-state index contributed by atoms with van der Waals surface area (Å²) < 4.78 is 69.6. The maximum absolute atomic E-state index is 12.8. The number of halogens is 5. The van der Waals surface area contributed by atoms with E-state index in [9.17, 15) is 19.4 Å². The molecule has 0 spiro atoms. The molecule has 28 heavy (non-hydrogen) atoms. The van der Waals surface area contributed by atoms with Crippen LogP contribution in [0.2, 0.25) is 0 Å². The summed E-state index contributed by atoms with van der Waals surface area (Å²) in [6.07, 6.45) is 2.94. The summed E-state index contributed by atoms with van der Waals surface area (Å²) in [7, 11) is -9.74. The normalized spacial score (nSPS) is 14.5. The number of aromatic nitrogens is 5. The third-order valence-electron chi connectivity index (χ3n) is 3.75. The molecule has 12 heteroatoms. The predicted octanol–water partition coefficient (Wildman–Crippen LogP) is 5.86. The van der Waals surface area contributed by atoms with Crippen LogP contribution >= 0.6 is 10.2 Å². The Bertz CT molecular complexity index is 1180. The number of aromatic amines is 1. The number of nitrogens with zero attached hydrogens (tertiary/aromatic N) is 4. The highest BCUT2D eigenvalue weighted by Crippen LogP contribution is 3.02. The molecule has 0 unspecified atom stereocenters. The molecule has 0 saturated carbocycles. The molecule has 1 aromatic carbocycles. The Kier molecular flexibility index (Phi) is 3.48. The number of benzene rings is 1. The lowest BCUT2D eigenvalue weighted by atomic mass is 10.1. The van der Waals surface area contributed by atoms with Gasteiger partial charge in [-0.05, 0) is 42.5 Å². The quantitative estimate of drug-likeness (QED) is 0.422. The number of pyridine rings is 2. The number of rotatable bonds is 4. The number of H-pyrrole nitrogens is 1. The largest absolute Gasteiger partial charge is 0.438 e. The van der Waals surface area contributed by atoms with Crippen LogP contribution in [0.1, 0.15) is 0 Å². The van der Waals surface area contributed by atoms with Gasteiger partial charge >= 0.3 is 10.2 Å². The average Bonchev–Trinajstić information content (AvgIpc) is 3.08. The Morgan fingerprint density at radius 2 is 1.68 bits per heavy atom. The average molecular weight is 415 g/mol. The monoisotopic (exact) mass is 415 g/mol. The molecule has 0 amide bonds. The van der Waals surface area contributed by atoms with E-state index in [4.69, 9.17) is 4.74 Å². The van der Waals surface area contributed by atoms with Crippen LogP contribution in [0.4, 0.5) is 19.4 Å². The van der Waals surface area contributed by atoms with E-state index in [0.717, 1.165) is 12.1 Å². The van der Waals surface area contributed by atoms with E-state index in [-0.39, 0.29) is 23.8 Å². The van der Waals surface area contributed by atoms with Crippen molar-refractivity contribution >= 4 is 21.4 Å². The molecule has 0 aliphatic heterocycles. The molecule has 6 nitrogen and oxygen atoms in total. The summed E-state index contributed by atoms with van der Waals surface area (Å²) >= 11 is 0. The van der Waals surface area contributed by atoms with Gasteiger partial charge in [-0.2, -0.15) is 0 Å². The lowest BCUT2D eigenvalue weighted by Gasteiger charge is -2.40. The van der Waals surface area contributed by atoms with Gasteiger partial charge in [0.05, 0.1) is 0 Å². The minimum absolute atomic E-state index is 0.0623. The molecule has 0 aliphatic rings. The van der Waals surface area contributed by atoms with Crippen LogP contribution in [0.25, 0.3) is 22.3 Å². The fraction of sp³-hybridized carbons (Fsp3) is 0. The van der Waals surface area contributed by atoms with Crippen molar-refractivity contribution in [2.75, 3.05) is 0 Å². The van der Waals surface area contributed by atoms with Crippen LogP contribution in [0.5, 0.6) is 11.6 Å². The van der Waals surface area contributed by atoms with Crippen molar-refractivity contribution in [3.8, 4) is 22.8 Å². The smallest absolute Gasteiger partial charge is 0.310 e. The first-order valence-electron chi connectivity index (χ1n) is 7.64. The van der Waals surface area contributed by atoms with Crippen molar-refractivity contribution in [1.82, 2.24) is 25.4 Å². The minimum Gasteiger partial charge on any atom is -0.438 e. The second-order valence-corrected chi connectivity index (χ2v) is 8.21.